The minimum Gasteiger partial charge on any atom is -0.487 e. The number of aliphatic hydroxyl groups is 1. The summed E-state index contributed by atoms with van der Waals surface area (Å²) in [5.74, 6) is -1.30. The highest BCUT2D eigenvalue weighted by Crippen LogP contribution is 2.35. The highest BCUT2D eigenvalue weighted by Gasteiger charge is 2.19. The van der Waals surface area contributed by atoms with E-state index >= 15 is 0 Å². The zero-order valence-electron chi connectivity index (χ0n) is 25.5. The van der Waals surface area contributed by atoms with Crippen molar-refractivity contribution in [3.05, 3.63) is 82.7 Å². The molecular weight excluding hydrogens is 587 g/mol. The molecular formula is C32H37FN4O8. The smallest absolute Gasteiger partial charge is 0.435 e. The first-order chi connectivity index (χ1) is 21.5. The van der Waals surface area contributed by atoms with Crippen molar-refractivity contribution in [3.8, 4) is 11.5 Å². The number of nitrogens with two attached hydrogens (primary N) is 1. The van der Waals surface area contributed by atoms with Crippen LogP contribution in [0.3, 0.4) is 0 Å². The minimum absolute atomic E-state index is 0.00780. The van der Waals surface area contributed by atoms with E-state index in [4.69, 9.17) is 24.7 Å². The predicted molar refractivity (Wildman–Crippen MR) is 166 cm³/mol. The van der Waals surface area contributed by atoms with Gasteiger partial charge in [0.25, 0.3) is 5.91 Å². The van der Waals surface area contributed by atoms with Gasteiger partial charge in [0.2, 0.25) is 0 Å². The molecule has 0 fully saturated rings. The van der Waals surface area contributed by atoms with Gasteiger partial charge in [0.05, 0.1) is 31.5 Å². The molecule has 0 saturated heterocycles. The van der Waals surface area contributed by atoms with Crippen molar-refractivity contribution in [1.82, 2.24) is 0 Å². The third kappa shape index (κ3) is 10.2. The Hall–Kier alpha value is -5.17. The lowest BCUT2D eigenvalue weighted by Crippen LogP contribution is -2.18. The summed E-state index contributed by atoms with van der Waals surface area (Å²) in [4.78, 5) is 40.5. The fraction of sp³-hybridized carbons (Fsp3) is 0.312. The summed E-state index contributed by atoms with van der Waals surface area (Å²) in [6.45, 7) is 6.70. The van der Waals surface area contributed by atoms with E-state index in [1.807, 2.05) is 13.8 Å². The van der Waals surface area contributed by atoms with Gasteiger partial charge in [-0.15, -0.1) is 0 Å². The average Bonchev–Trinajstić information content (AvgIpc) is 2.99. The number of aliphatic hydroxyl groups excluding tert-OH is 1. The molecule has 5 N–H and O–H groups in total. The second-order valence-electron chi connectivity index (χ2n) is 9.77. The Kier molecular flexibility index (Phi) is 12.7. The number of benzene rings is 3. The minimum atomic E-state index is -0.817. The van der Waals surface area contributed by atoms with Gasteiger partial charge in [-0.3, -0.25) is 4.79 Å². The number of ether oxygens (including phenoxy) is 4. The Balaban J connectivity index is 1.85. The number of rotatable bonds is 14. The molecule has 0 radical (unpaired) electrons. The van der Waals surface area contributed by atoms with Crippen LogP contribution in [0.2, 0.25) is 0 Å². The number of hydrogen-bond donors (Lipinski definition) is 4. The molecule has 0 atom stereocenters. The number of anilines is 2. The summed E-state index contributed by atoms with van der Waals surface area (Å²) in [6.07, 6.45) is -1.06. The van der Waals surface area contributed by atoms with Crippen molar-refractivity contribution in [1.29, 1.82) is 0 Å². The number of carbonyl (C=O) groups excluding carboxylic acids is 3. The first-order valence-electron chi connectivity index (χ1n) is 14.2. The highest BCUT2D eigenvalue weighted by atomic mass is 19.1. The Morgan fingerprint density at radius 1 is 1.00 bits per heavy atom. The molecule has 0 aliphatic rings. The van der Waals surface area contributed by atoms with E-state index in [1.165, 1.54) is 12.1 Å². The zero-order valence-corrected chi connectivity index (χ0v) is 25.5. The zero-order chi connectivity index (χ0) is 32.9. The molecule has 2 amide bonds. The van der Waals surface area contributed by atoms with E-state index in [-0.39, 0.29) is 56.2 Å². The van der Waals surface area contributed by atoms with Crippen LogP contribution in [-0.2, 0) is 27.4 Å². The summed E-state index contributed by atoms with van der Waals surface area (Å²) in [5.41, 5.74) is 8.01. The van der Waals surface area contributed by atoms with Crippen LogP contribution in [0.4, 0.5) is 20.6 Å². The van der Waals surface area contributed by atoms with E-state index in [9.17, 15) is 23.9 Å². The maximum atomic E-state index is 14.3. The molecule has 3 rings (SSSR count). The average molecular weight is 625 g/mol. The number of nitrogens with zero attached hydrogens (tertiary/aromatic N) is 1. The van der Waals surface area contributed by atoms with Gasteiger partial charge in [-0.05, 0) is 87.9 Å². The van der Waals surface area contributed by atoms with Crippen LogP contribution in [-0.4, -0.2) is 54.8 Å². The van der Waals surface area contributed by atoms with Gasteiger partial charge in [0, 0.05) is 29.0 Å². The summed E-state index contributed by atoms with van der Waals surface area (Å²) in [7, 11) is 0. The molecule has 12 nitrogen and oxygen atoms in total. The van der Waals surface area contributed by atoms with Gasteiger partial charge in [-0.25, -0.2) is 14.0 Å². The Labute approximate surface area is 260 Å². The molecule has 0 bridgehead atoms. The van der Waals surface area contributed by atoms with Crippen LogP contribution in [0.5, 0.6) is 11.5 Å². The number of halogens is 1. The molecule has 0 aromatic heterocycles. The van der Waals surface area contributed by atoms with E-state index in [0.717, 1.165) is 6.07 Å². The summed E-state index contributed by atoms with van der Waals surface area (Å²) in [5, 5.41) is 15.7. The van der Waals surface area contributed by atoms with Crippen LogP contribution in [0.25, 0.3) is 0 Å². The van der Waals surface area contributed by atoms with E-state index < -0.39 is 23.8 Å². The summed E-state index contributed by atoms with van der Waals surface area (Å²) < 4.78 is 35.7. The third-order valence-corrected chi connectivity index (χ3v) is 5.99. The number of carbonyl (C=O) groups is 3. The summed E-state index contributed by atoms with van der Waals surface area (Å²) >= 11 is 0. The molecule has 0 aliphatic carbocycles. The molecule has 3 aromatic rings. The van der Waals surface area contributed by atoms with Gasteiger partial charge >= 0.3 is 12.1 Å². The first kappa shape index (κ1) is 34.3. The summed E-state index contributed by atoms with van der Waals surface area (Å²) in [6, 6.07) is 13.2. The normalized spacial score (nSPS) is 11.1. The molecule has 0 heterocycles. The molecule has 0 spiro atoms. The molecule has 13 heteroatoms. The molecule has 0 aliphatic heterocycles. The number of esters is 1. The lowest BCUT2D eigenvalue weighted by atomic mass is 10.1. The fourth-order valence-electron chi connectivity index (χ4n) is 4.08. The van der Waals surface area contributed by atoms with Crippen molar-refractivity contribution in [2.24, 2.45) is 10.7 Å². The van der Waals surface area contributed by atoms with E-state index in [2.05, 4.69) is 15.6 Å². The quantitative estimate of drug-likeness (QED) is 0.111. The SMILES string of the molecule is CCOC(=O)COc1c(CNc2ccc(F)cc2C(=O)Nc2ccc(/C(N)=N\C(=O)OCC)cc2)cc(CO)cc1OC(C)C. The number of amides is 2. The van der Waals surface area contributed by atoms with Gasteiger partial charge in [0.15, 0.2) is 18.1 Å². The lowest BCUT2D eigenvalue weighted by molar-refractivity contribution is -0.145. The molecule has 0 unspecified atom stereocenters. The predicted octanol–water partition coefficient (Wildman–Crippen LogP) is 4.77. The van der Waals surface area contributed by atoms with Crippen molar-refractivity contribution in [3.63, 3.8) is 0 Å². The largest absolute Gasteiger partial charge is 0.487 e. The van der Waals surface area contributed by atoms with Gasteiger partial charge in [-0.2, -0.15) is 4.99 Å². The van der Waals surface area contributed by atoms with Crippen LogP contribution >= 0.6 is 0 Å². The van der Waals surface area contributed by atoms with Crippen molar-refractivity contribution in [2.45, 2.75) is 47.0 Å². The number of nitrogens with one attached hydrogen (secondary N) is 2. The Morgan fingerprint density at radius 2 is 1.71 bits per heavy atom. The topological polar surface area (TPSA) is 171 Å². The van der Waals surface area contributed by atoms with Crippen molar-refractivity contribution in [2.75, 3.05) is 30.5 Å². The third-order valence-electron chi connectivity index (χ3n) is 5.99. The number of aliphatic imine (C=N–C) groups is 1. The lowest BCUT2D eigenvalue weighted by Gasteiger charge is -2.20. The molecule has 240 valence electrons. The number of hydrogen-bond acceptors (Lipinski definition) is 9. The maximum Gasteiger partial charge on any atom is 0.435 e. The van der Waals surface area contributed by atoms with E-state index in [1.54, 1.807) is 50.2 Å². The molecule has 3 aromatic carbocycles. The van der Waals surface area contributed by atoms with E-state index in [0.29, 0.717) is 33.8 Å². The van der Waals surface area contributed by atoms with Crippen LogP contribution in [0.15, 0.2) is 59.6 Å². The first-order valence-corrected chi connectivity index (χ1v) is 14.2. The van der Waals surface area contributed by atoms with Gasteiger partial charge < -0.3 is 40.4 Å². The van der Waals surface area contributed by atoms with Crippen LogP contribution in [0, 0.1) is 5.82 Å². The van der Waals surface area contributed by atoms with Crippen molar-refractivity contribution < 1.29 is 42.8 Å². The van der Waals surface area contributed by atoms with Gasteiger partial charge in [0.1, 0.15) is 11.7 Å². The molecule has 45 heavy (non-hydrogen) atoms. The number of amidine groups is 1. The maximum absolute atomic E-state index is 14.3. The van der Waals surface area contributed by atoms with Gasteiger partial charge in [-0.1, -0.05) is 0 Å². The Bertz CT molecular complexity index is 1530. The monoisotopic (exact) mass is 624 g/mol. The second kappa shape index (κ2) is 16.6. The Morgan fingerprint density at radius 3 is 2.36 bits per heavy atom. The fourth-order valence-corrected chi connectivity index (χ4v) is 4.08. The highest BCUT2D eigenvalue weighted by molar-refractivity contribution is 6.08. The van der Waals surface area contributed by atoms with Crippen LogP contribution in [0.1, 0.15) is 54.7 Å². The van der Waals surface area contributed by atoms with Crippen molar-refractivity contribution >= 4 is 35.2 Å². The van der Waals surface area contributed by atoms with Crippen LogP contribution < -0.4 is 25.8 Å². The second-order valence-corrected chi connectivity index (χ2v) is 9.77. The molecule has 0 saturated carbocycles. The standard InChI is InChI=1S/C32H37FN4O8/c1-5-42-28(39)18-44-29-22(13-20(17-38)14-27(29)45-19(3)4)16-35-26-12-9-23(33)15-25(26)31(40)36-24-10-7-21(8-11-24)30(34)37-32(41)43-6-2/h7-15,19,35,38H,5-6,16-18H2,1-4H3,(H,36,40)(H2,34,37,41).